The molecule has 4 rings (SSSR count). The number of fused-ring (bicyclic) bond motifs is 1. The summed E-state index contributed by atoms with van der Waals surface area (Å²) in [5.41, 5.74) is -0.410. The Morgan fingerprint density at radius 1 is 1.30 bits per heavy atom. The number of benzene rings is 1. The fourth-order valence-corrected chi connectivity index (χ4v) is 4.05. The van der Waals surface area contributed by atoms with E-state index in [1.165, 1.54) is 19.4 Å². The molecule has 0 unspecified atom stereocenters. The molecule has 3 heterocycles. The molecule has 12 heteroatoms. The number of aromatic nitrogens is 3. The summed E-state index contributed by atoms with van der Waals surface area (Å²) >= 11 is 6.37. The van der Waals surface area contributed by atoms with Gasteiger partial charge in [-0.25, -0.2) is 14.8 Å². The molecule has 3 aromatic rings. The molecule has 2 atom stereocenters. The minimum Gasteiger partial charge on any atom is -0.453 e. The predicted molar refractivity (Wildman–Crippen MR) is 119 cm³/mol. The number of carbonyl (C=O) groups is 1. The molecule has 0 saturated carbocycles. The number of nitrogens with zero attached hydrogens (tertiary/aromatic N) is 2. The second-order valence-electron chi connectivity index (χ2n) is 7.85. The van der Waals surface area contributed by atoms with Crippen LogP contribution in [0.5, 0.6) is 0 Å². The number of halogens is 4. The van der Waals surface area contributed by atoms with Crippen molar-refractivity contribution in [1.29, 1.82) is 0 Å². The lowest BCUT2D eigenvalue weighted by molar-refractivity contribution is -0.137. The van der Waals surface area contributed by atoms with Gasteiger partial charge in [-0.1, -0.05) is 11.6 Å². The molecule has 1 amide bonds. The van der Waals surface area contributed by atoms with Gasteiger partial charge in [0.1, 0.15) is 5.56 Å². The van der Waals surface area contributed by atoms with E-state index in [-0.39, 0.29) is 34.0 Å². The van der Waals surface area contributed by atoms with Gasteiger partial charge in [0.2, 0.25) is 5.95 Å². The van der Waals surface area contributed by atoms with Crippen LogP contribution in [0.1, 0.15) is 25.3 Å². The van der Waals surface area contributed by atoms with Crippen molar-refractivity contribution in [2.45, 2.75) is 38.0 Å². The van der Waals surface area contributed by atoms with Gasteiger partial charge in [-0.05, 0) is 31.9 Å². The molecular formula is C21H22ClF3N6O2. The van der Waals surface area contributed by atoms with Crippen molar-refractivity contribution in [1.82, 2.24) is 20.3 Å². The normalized spacial score (nSPS) is 18.8. The Hall–Kier alpha value is -3.05. The van der Waals surface area contributed by atoms with Gasteiger partial charge in [0, 0.05) is 42.0 Å². The molecule has 0 radical (unpaired) electrons. The van der Waals surface area contributed by atoms with Crippen LogP contribution in [0.3, 0.4) is 0 Å². The summed E-state index contributed by atoms with van der Waals surface area (Å²) in [6, 6.07) is 3.44. The SMILES string of the molecule is COC(=O)Nc1ccc2c(-c3nc(N[C@H]4CC[C@H](C)NC4)ncc3C(F)(F)F)c[nH]c2c1Cl. The van der Waals surface area contributed by atoms with E-state index in [0.717, 1.165) is 19.0 Å². The summed E-state index contributed by atoms with van der Waals surface area (Å²) in [5.74, 6) is 0.115. The van der Waals surface area contributed by atoms with Crippen LogP contribution < -0.4 is 16.0 Å². The first-order chi connectivity index (χ1) is 15.7. The number of hydrogen-bond acceptors (Lipinski definition) is 6. The monoisotopic (exact) mass is 482 g/mol. The highest BCUT2D eigenvalue weighted by Crippen LogP contribution is 2.41. The van der Waals surface area contributed by atoms with Gasteiger partial charge in [-0.2, -0.15) is 13.2 Å². The van der Waals surface area contributed by atoms with Gasteiger partial charge in [0.25, 0.3) is 0 Å². The number of hydrogen-bond donors (Lipinski definition) is 4. The highest BCUT2D eigenvalue weighted by Gasteiger charge is 2.36. The molecule has 1 aliphatic rings. The molecule has 4 N–H and O–H groups in total. The van der Waals surface area contributed by atoms with Crippen LogP contribution in [-0.4, -0.2) is 46.8 Å². The van der Waals surface area contributed by atoms with Gasteiger partial charge >= 0.3 is 12.3 Å². The van der Waals surface area contributed by atoms with Crippen molar-refractivity contribution < 1.29 is 22.7 Å². The fraction of sp³-hybridized carbons (Fsp3) is 0.381. The Labute approximate surface area is 192 Å². The number of piperidine rings is 1. The number of ether oxygens (including phenoxy) is 1. The summed E-state index contributed by atoms with van der Waals surface area (Å²) < 4.78 is 45.9. The van der Waals surface area contributed by atoms with E-state index < -0.39 is 17.8 Å². The van der Waals surface area contributed by atoms with Crippen molar-refractivity contribution in [3.63, 3.8) is 0 Å². The van der Waals surface area contributed by atoms with E-state index in [1.807, 2.05) is 0 Å². The van der Waals surface area contributed by atoms with Crippen LogP contribution in [0.15, 0.2) is 24.5 Å². The second kappa shape index (κ2) is 9.06. The Morgan fingerprint density at radius 2 is 2.09 bits per heavy atom. The van der Waals surface area contributed by atoms with Crippen molar-refractivity contribution >= 4 is 40.2 Å². The van der Waals surface area contributed by atoms with Crippen molar-refractivity contribution in [2.75, 3.05) is 24.3 Å². The van der Waals surface area contributed by atoms with Crippen LogP contribution in [0.2, 0.25) is 5.02 Å². The number of methoxy groups -OCH3 is 1. The Kier molecular flexibility index (Phi) is 6.35. The first-order valence-corrected chi connectivity index (χ1v) is 10.6. The maximum atomic E-state index is 13.8. The van der Waals surface area contributed by atoms with Gasteiger partial charge in [-0.3, -0.25) is 5.32 Å². The minimum atomic E-state index is -4.66. The first-order valence-electron chi connectivity index (χ1n) is 10.3. The molecule has 0 aliphatic carbocycles. The maximum Gasteiger partial charge on any atom is 0.419 e. The second-order valence-corrected chi connectivity index (χ2v) is 8.23. The molecule has 33 heavy (non-hydrogen) atoms. The van der Waals surface area contributed by atoms with Gasteiger partial charge in [0.15, 0.2) is 0 Å². The number of H-pyrrole nitrogens is 1. The van der Waals surface area contributed by atoms with Crippen LogP contribution in [0.4, 0.5) is 29.6 Å². The molecule has 1 aliphatic heterocycles. The Bertz CT molecular complexity index is 1170. The van der Waals surface area contributed by atoms with Crippen molar-refractivity contribution in [2.24, 2.45) is 0 Å². The number of anilines is 2. The molecule has 8 nitrogen and oxygen atoms in total. The lowest BCUT2D eigenvalue weighted by Gasteiger charge is -2.28. The number of nitrogens with one attached hydrogen (secondary N) is 4. The third-order valence-electron chi connectivity index (χ3n) is 5.56. The van der Waals surface area contributed by atoms with Crippen LogP contribution in [0.25, 0.3) is 22.2 Å². The number of alkyl halides is 3. The van der Waals surface area contributed by atoms with Crippen molar-refractivity contribution in [3.05, 3.63) is 35.1 Å². The molecular weight excluding hydrogens is 461 g/mol. The maximum absolute atomic E-state index is 13.8. The standard InChI is InChI=1S/C21H22ClF3N6O2/c1-10-3-4-11(7-26-10)29-19-28-9-14(21(23,24)25)17(31-19)13-8-27-18-12(13)5-6-15(16(18)22)30-20(32)33-2/h5-6,8-11,26-27H,3-4,7H2,1-2H3,(H,30,32)(H,28,29,31)/t10-,11-/m0/s1. The molecule has 1 saturated heterocycles. The molecule has 0 bridgehead atoms. The largest absolute Gasteiger partial charge is 0.453 e. The summed E-state index contributed by atoms with van der Waals surface area (Å²) in [6.45, 7) is 2.75. The first kappa shape index (κ1) is 23.1. The Morgan fingerprint density at radius 3 is 2.76 bits per heavy atom. The van der Waals surface area contributed by atoms with Gasteiger partial charge in [0.05, 0.1) is 29.0 Å². The van der Waals surface area contributed by atoms with Crippen molar-refractivity contribution in [3.8, 4) is 11.3 Å². The topological polar surface area (TPSA) is 104 Å². The number of carbonyl (C=O) groups excluding carboxylic acids is 1. The lowest BCUT2D eigenvalue weighted by Crippen LogP contribution is -2.43. The third kappa shape index (κ3) is 4.83. The van der Waals surface area contributed by atoms with E-state index in [9.17, 15) is 18.0 Å². The highest BCUT2D eigenvalue weighted by molar-refractivity contribution is 6.38. The van der Waals surface area contributed by atoms with Gasteiger partial charge < -0.3 is 20.4 Å². The molecule has 1 fully saturated rings. The summed E-state index contributed by atoms with van der Waals surface area (Å²) in [7, 11) is 1.21. The van der Waals surface area contributed by atoms with Crippen LogP contribution in [-0.2, 0) is 10.9 Å². The predicted octanol–water partition coefficient (Wildman–Crippen LogP) is 5.03. The van der Waals surface area contributed by atoms with E-state index in [1.54, 1.807) is 6.07 Å². The summed E-state index contributed by atoms with van der Waals surface area (Å²) in [4.78, 5) is 22.6. The average molecular weight is 483 g/mol. The van der Waals surface area contributed by atoms with Crippen LogP contribution in [0, 0.1) is 0 Å². The van der Waals surface area contributed by atoms with E-state index >= 15 is 0 Å². The van der Waals surface area contributed by atoms with E-state index in [4.69, 9.17) is 11.6 Å². The van der Waals surface area contributed by atoms with Gasteiger partial charge in [-0.15, -0.1) is 0 Å². The third-order valence-corrected chi connectivity index (χ3v) is 5.95. The molecule has 1 aromatic carbocycles. The number of rotatable bonds is 4. The zero-order valence-electron chi connectivity index (χ0n) is 17.8. The number of aromatic amines is 1. The Balaban J connectivity index is 1.74. The molecule has 2 aromatic heterocycles. The van der Waals surface area contributed by atoms with E-state index in [2.05, 4.69) is 42.6 Å². The fourth-order valence-electron chi connectivity index (χ4n) is 3.79. The molecule has 176 valence electrons. The quantitative estimate of drug-likeness (QED) is 0.416. The lowest BCUT2D eigenvalue weighted by atomic mass is 10.0. The molecule has 0 spiro atoms. The minimum absolute atomic E-state index is 0.00940. The summed E-state index contributed by atoms with van der Waals surface area (Å²) in [5, 5.41) is 9.46. The van der Waals surface area contributed by atoms with E-state index in [0.29, 0.717) is 23.5 Å². The average Bonchev–Trinajstić information content (AvgIpc) is 3.21. The highest BCUT2D eigenvalue weighted by atomic mass is 35.5. The van der Waals surface area contributed by atoms with Crippen LogP contribution >= 0.6 is 11.6 Å². The smallest absolute Gasteiger partial charge is 0.419 e. The summed E-state index contributed by atoms with van der Waals surface area (Å²) in [6.07, 6.45) is -1.39. The zero-order chi connectivity index (χ0) is 23.8. The number of amides is 1. The zero-order valence-corrected chi connectivity index (χ0v) is 18.6.